The van der Waals surface area contributed by atoms with Crippen LogP contribution in [0.4, 0.5) is 23.2 Å². The van der Waals surface area contributed by atoms with E-state index in [2.05, 4.69) is 5.32 Å². The number of ether oxygens (including phenoxy) is 2. The van der Waals surface area contributed by atoms with Crippen molar-refractivity contribution in [1.82, 2.24) is 0 Å². The molecule has 0 radical (unpaired) electrons. The van der Waals surface area contributed by atoms with Crippen molar-refractivity contribution in [3.8, 4) is 11.5 Å². The van der Waals surface area contributed by atoms with Gasteiger partial charge < -0.3 is 14.8 Å². The van der Waals surface area contributed by atoms with Gasteiger partial charge in [0.25, 0.3) is 5.91 Å². The molecule has 160 valence electrons. The minimum absolute atomic E-state index is 0.0969. The summed E-state index contributed by atoms with van der Waals surface area (Å²) < 4.78 is 62.5. The van der Waals surface area contributed by atoms with Crippen molar-refractivity contribution in [3.05, 3.63) is 89.2 Å². The van der Waals surface area contributed by atoms with Gasteiger partial charge in [0, 0.05) is 5.69 Å². The van der Waals surface area contributed by atoms with E-state index in [1.165, 1.54) is 19.2 Å². The van der Waals surface area contributed by atoms with Crippen molar-refractivity contribution in [3.63, 3.8) is 0 Å². The standard InChI is InChI=1S/C22H15F4NO4/c1-30-17-9-7-16(8-10-17)27-20(28)18-11-4-14(22(24,25)26)12-19(18)31-21(29)13-2-5-15(23)6-3-13/h2-12H,1H3,(H,27,28). The molecule has 0 saturated heterocycles. The minimum Gasteiger partial charge on any atom is -0.497 e. The van der Waals surface area contributed by atoms with Crippen molar-refractivity contribution >= 4 is 17.6 Å². The molecule has 0 aliphatic rings. The number of amides is 1. The molecule has 0 aliphatic carbocycles. The van der Waals surface area contributed by atoms with Gasteiger partial charge in [-0.3, -0.25) is 4.79 Å². The lowest BCUT2D eigenvalue weighted by molar-refractivity contribution is -0.137. The number of carbonyl (C=O) groups is 2. The fourth-order valence-corrected chi connectivity index (χ4v) is 2.59. The lowest BCUT2D eigenvalue weighted by Gasteiger charge is -2.14. The lowest BCUT2D eigenvalue weighted by Crippen LogP contribution is -2.17. The van der Waals surface area contributed by atoms with E-state index in [0.717, 1.165) is 30.3 Å². The van der Waals surface area contributed by atoms with Gasteiger partial charge in [-0.05, 0) is 66.7 Å². The zero-order chi connectivity index (χ0) is 22.6. The fourth-order valence-electron chi connectivity index (χ4n) is 2.59. The van der Waals surface area contributed by atoms with Crippen LogP contribution in [0.15, 0.2) is 66.7 Å². The number of nitrogens with one attached hydrogen (secondary N) is 1. The normalized spacial score (nSPS) is 11.0. The van der Waals surface area contributed by atoms with Crippen LogP contribution in [0.2, 0.25) is 0 Å². The second-order valence-electron chi connectivity index (χ2n) is 6.29. The van der Waals surface area contributed by atoms with Crippen LogP contribution >= 0.6 is 0 Å². The number of benzene rings is 3. The summed E-state index contributed by atoms with van der Waals surface area (Å²) in [6.45, 7) is 0. The molecule has 0 saturated carbocycles. The van der Waals surface area contributed by atoms with Crippen molar-refractivity contribution in [2.45, 2.75) is 6.18 Å². The Labute approximate surface area is 174 Å². The molecular formula is C22H15F4NO4. The first-order valence-corrected chi connectivity index (χ1v) is 8.82. The molecular weight excluding hydrogens is 418 g/mol. The highest BCUT2D eigenvalue weighted by atomic mass is 19.4. The Hall–Kier alpha value is -3.88. The number of alkyl halides is 3. The van der Waals surface area contributed by atoms with Crippen LogP contribution in [-0.2, 0) is 6.18 Å². The van der Waals surface area contributed by atoms with Gasteiger partial charge in [-0.2, -0.15) is 13.2 Å². The molecule has 0 bridgehead atoms. The molecule has 3 aromatic carbocycles. The predicted molar refractivity (Wildman–Crippen MR) is 104 cm³/mol. The third-order valence-corrected chi connectivity index (χ3v) is 4.18. The number of carbonyl (C=O) groups excluding carboxylic acids is 2. The summed E-state index contributed by atoms with van der Waals surface area (Å²) >= 11 is 0. The topological polar surface area (TPSA) is 64.6 Å². The predicted octanol–water partition coefficient (Wildman–Crippen LogP) is 5.32. The summed E-state index contributed by atoms with van der Waals surface area (Å²) in [4.78, 5) is 25.0. The maximum absolute atomic E-state index is 13.1. The van der Waals surface area contributed by atoms with Gasteiger partial charge in [0.05, 0.1) is 23.8 Å². The van der Waals surface area contributed by atoms with Crippen LogP contribution in [-0.4, -0.2) is 19.0 Å². The Bertz CT molecular complexity index is 1090. The maximum atomic E-state index is 13.1. The smallest absolute Gasteiger partial charge is 0.416 e. The van der Waals surface area contributed by atoms with E-state index in [0.29, 0.717) is 23.6 Å². The molecule has 0 unspecified atom stereocenters. The van der Waals surface area contributed by atoms with Crippen molar-refractivity contribution in [2.24, 2.45) is 0 Å². The van der Waals surface area contributed by atoms with Gasteiger partial charge in [-0.15, -0.1) is 0 Å². The Morgan fingerprint density at radius 2 is 1.55 bits per heavy atom. The molecule has 0 aliphatic heterocycles. The molecule has 0 spiro atoms. The van der Waals surface area contributed by atoms with E-state index in [1.807, 2.05) is 0 Å². The monoisotopic (exact) mass is 433 g/mol. The first-order chi connectivity index (χ1) is 14.7. The largest absolute Gasteiger partial charge is 0.497 e. The molecule has 0 aromatic heterocycles. The van der Waals surface area contributed by atoms with Gasteiger partial charge in [0.1, 0.15) is 17.3 Å². The highest BCUT2D eigenvalue weighted by Gasteiger charge is 2.32. The summed E-state index contributed by atoms with van der Waals surface area (Å²) in [7, 11) is 1.47. The van der Waals surface area contributed by atoms with Gasteiger partial charge in [0.15, 0.2) is 0 Å². The van der Waals surface area contributed by atoms with Gasteiger partial charge in [0.2, 0.25) is 0 Å². The van der Waals surface area contributed by atoms with E-state index >= 15 is 0 Å². The van der Waals surface area contributed by atoms with E-state index < -0.39 is 35.2 Å². The van der Waals surface area contributed by atoms with Crippen LogP contribution in [0.5, 0.6) is 11.5 Å². The number of anilines is 1. The van der Waals surface area contributed by atoms with E-state index in [1.54, 1.807) is 12.1 Å². The van der Waals surface area contributed by atoms with Crippen molar-refractivity contribution < 1.29 is 36.6 Å². The number of halogens is 4. The first kappa shape index (κ1) is 21.8. The summed E-state index contributed by atoms with van der Waals surface area (Å²) in [6.07, 6.45) is -4.72. The Kier molecular flexibility index (Phi) is 6.24. The van der Waals surface area contributed by atoms with E-state index in [4.69, 9.17) is 9.47 Å². The van der Waals surface area contributed by atoms with E-state index in [-0.39, 0.29) is 11.1 Å². The van der Waals surface area contributed by atoms with Gasteiger partial charge in [-0.25, -0.2) is 9.18 Å². The zero-order valence-corrected chi connectivity index (χ0v) is 16.0. The second-order valence-corrected chi connectivity index (χ2v) is 6.29. The lowest BCUT2D eigenvalue weighted by atomic mass is 10.1. The first-order valence-electron chi connectivity index (χ1n) is 8.82. The number of methoxy groups -OCH3 is 1. The Morgan fingerprint density at radius 3 is 2.13 bits per heavy atom. The van der Waals surface area contributed by atoms with Crippen molar-refractivity contribution in [2.75, 3.05) is 12.4 Å². The molecule has 1 N–H and O–H groups in total. The maximum Gasteiger partial charge on any atom is 0.416 e. The third-order valence-electron chi connectivity index (χ3n) is 4.18. The average molecular weight is 433 g/mol. The molecule has 9 heteroatoms. The van der Waals surface area contributed by atoms with Crippen LogP contribution in [0.3, 0.4) is 0 Å². The summed E-state index contributed by atoms with van der Waals surface area (Å²) in [5.74, 6) is -2.48. The summed E-state index contributed by atoms with van der Waals surface area (Å²) in [5, 5.41) is 2.51. The fraction of sp³-hybridized carbons (Fsp3) is 0.0909. The quantitative estimate of drug-likeness (QED) is 0.336. The van der Waals surface area contributed by atoms with Crippen LogP contribution in [0.1, 0.15) is 26.3 Å². The SMILES string of the molecule is COc1ccc(NC(=O)c2ccc(C(F)(F)F)cc2OC(=O)c2ccc(F)cc2)cc1. The molecule has 0 atom stereocenters. The summed E-state index contributed by atoms with van der Waals surface area (Å²) in [6, 6.07) is 12.6. The van der Waals surface area contributed by atoms with Gasteiger partial charge >= 0.3 is 12.1 Å². The molecule has 3 rings (SSSR count). The van der Waals surface area contributed by atoms with Crippen LogP contribution < -0.4 is 14.8 Å². The minimum atomic E-state index is -4.72. The number of esters is 1. The van der Waals surface area contributed by atoms with E-state index in [9.17, 15) is 27.2 Å². The third kappa shape index (κ3) is 5.39. The average Bonchev–Trinajstić information content (AvgIpc) is 2.74. The molecule has 0 heterocycles. The van der Waals surface area contributed by atoms with Crippen molar-refractivity contribution in [1.29, 1.82) is 0 Å². The molecule has 31 heavy (non-hydrogen) atoms. The molecule has 5 nitrogen and oxygen atoms in total. The van der Waals surface area contributed by atoms with Crippen LogP contribution in [0.25, 0.3) is 0 Å². The number of rotatable bonds is 5. The highest BCUT2D eigenvalue weighted by Crippen LogP contribution is 2.34. The van der Waals surface area contributed by atoms with Crippen LogP contribution in [0, 0.1) is 5.82 Å². The molecule has 3 aromatic rings. The zero-order valence-electron chi connectivity index (χ0n) is 16.0. The Morgan fingerprint density at radius 1 is 0.903 bits per heavy atom. The molecule has 1 amide bonds. The summed E-state index contributed by atoms with van der Waals surface area (Å²) in [5.41, 5.74) is -1.14. The highest BCUT2D eigenvalue weighted by molar-refractivity contribution is 6.07. The number of hydrogen-bond donors (Lipinski definition) is 1. The molecule has 0 fully saturated rings. The number of hydrogen-bond acceptors (Lipinski definition) is 4. The van der Waals surface area contributed by atoms with Gasteiger partial charge in [-0.1, -0.05) is 0 Å². The Balaban J connectivity index is 1.91. The second kappa shape index (κ2) is 8.86.